The molecule has 7 nitrogen and oxygen atoms in total. The van der Waals surface area contributed by atoms with Crippen LogP contribution in [-0.4, -0.2) is 71.6 Å². The summed E-state index contributed by atoms with van der Waals surface area (Å²) in [5, 5.41) is 14.1. The van der Waals surface area contributed by atoms with E-state index < -0.39 is 5.97 Å². The quantitative estimate of drug-likeness (QED) is 0.361. The Balaban J connectivity index is 1.74. The number of ether oxygens (including phenoxy) is 1. The van der Waals surface area contributed by atoms with Crippen LogP contribution in [0.4, 0.5) is 5.82 Å². The molecule has 150 valence electrons. The number of carboxylic acid groups (broad SMARTS) is 1. The molecule has 1 aromatic carbocycles. The van der Waals surface area contributed by atoms with Crippen LogP contribution in [0, 0.1) is 0 Å². The van der Waals surface area contributed by atoms with Gasteiger partial charge in [0.1, 0.15) is 16.4 Å². The van der Waals surface area contributed by atoms with E-state index in [0.29, 0.717) is 28.3 Å². The van der Waals surface area contributed by atoms with Gasteiger partial charge in [-0.05, 0) is 11.8 Å². The van der Waals surface area contributed by atoms with E-state index in [1.165, 1.54) is 23.5 Å². The topological polar surface area (TPSA) is 87.6 Å². The van der Waals surface area contributed by atoms with Gasteiger partial charge in [0.15, 0.2) is 5.16 Å². The molecular weight excluding hydrogens is 396 g/mol. The van der Waals surface area contributed by atoms with Gasteiger partial charge in [-0.1, -0.05) is 42.1 Å². The molecule has 9 heteroatoms. The molecule has 0 bridgehead atoms. The van der Waals surface area contributed by atoms with Crippen LogP contribution < -0.4 is 5.32 Å². The standard InChI is InChI=1S/C19H24N4O3S2/c1-27-19-21-16(20-7-8-23-9-11-26-12-10-23)15(18(24)25)17(22-19)28-13-14-5-3-2-4-6-14/h2-6H,7-13H2,1H3,(H,24,25)(H,20,21,22). The summed E-state index contributed by atoms with van der Waals surface area (Å²) >= 11 is 2.83. The lowest BCUT2D eigenvalue weighted by atomic mass is 10.2. The van der Waals surface area contributed by atoms with Gasteiger partial charge in [-0.15, -0.1) is 11.8 Å². The molecule has 2 aromatic rings. The number of hydrogen-bond donors (Lipinski definition) is 2. The summed E-state index contributed by atoms with van der Waals surface area (Å²) in [5.41, 5.74) is 1.26. The summed E-state index contributed by atoms with van der Waals surface area (Å²) in [5.74, 6) is 0.0203. The van der Waals surface area contributed by atoms with Gasteiger partial charge in [0, 0.05) is 31.9 Å². The van der Waals surface area contributed by atoms with Crippen LogP contribution in [0.3, 0.4) is 0 Å². The molecule has 1 aliphatic rings. The number of carboxylic acids is 1. The molecule has 3 rings (SSSR count). The Bertz CT molecular complexity index is 786. The average molecular weight is 421 g/mol. The van der Waals surface area contributed by atoms with Gasteiger partial charge in [0.25, 0.3) is 0 Å². The molecule has 0 atom stereocenters. The second kappa shape index (κ2) is 10.7. The number of anilines is 1. The van der Waals surface area contributed by atoms with Gasteiger partial charge in [-0.25, -0.2) is 14.8 Å². The highest BCUT2D eigenvalue weighted by Gasteiger charge is 2.21. The van der Waals surface area contributed by atoms with E-state index in [-0.39, 0.29) is 5.56 Å². The summed E-state index contributed by atoms with van der Waals surface area (Å²) in [4.78, 5) is 23.1. The Labute approximate surface area is 173 Å². The number of hydrogen-bond acceptors (Lipinski definition) is 8. The van der Waals surface area contributed by atoms with Crippen LogP contribution in [0.25, 0.3) is 0 Å². The second-order valence-electron chi connectivity index (χ2n) is 6.20. The molecule has 0 aliphatic carbocycles. The number of thioether (sulfide) groups is 2. The smallest absolute Gasteiger partial charge is 0.342 e. The summed E-state index contributed by atoms with van der Waals surface area (Å²) in [7, 11) is 0. The van der Waals surface area contributed by atoms with Gasteiger partial charge in [-0.3, -0.25) is 4.90 Å². The third-order valence-electron chi connectivity index (χ3n) is 4.29. The molecule has 0 radical (unpaired) electrons. The van der Waals surface area contributed by atoms with Crippen LogP contribution >= 0.6 is 23.5 Å². The number of nitrogens with zero attached hydrogens (tertiary/aromatic N) is 3. The largest absolute Gasteiger partial charge is 0.477 e. The Morgan fingerprint density at radius 3 is 2.68 bits per heavy atom. The third-order valence-corrected chi connectivity index (χ3v) is 5.89. The summed E-state index contributed by atoms with van der Waals surface area (Å²) in [6, 6.07) is 9.95. The number of aromatic carboxylic acids is 1. The first kappa shape index (κ1) is 20.9. The number of rotatable bonds is 9. The molecule has 28 heavy (non-hydrogen) atoms. The van der Waals surface area contributed by atoms with Crippen LogP contribution in [-0.2, 0) is 10.5 Å². The minimum absolute atomic E-state index is 0.140. The summed E-state index contributed by atoms with van der Waals surface area (Å²) in [6.45, 7) is 4.70. The van der Waals surface area contributed by atoms with Crippen LogP contribution in [0.15, 0.2) is 40.5 Å². The maximum absolute atomic E-state index is 12.0. The first-order valence-corrected chi connectivity index (χ1v) is 11.3. The Kier molecular flexibility index (Phi) is 7.96. The Hall–Kier alpha value is -1.81. The second-order valence-corrected chi connectivity index (χ2v) is 7.94. The molecular formula is C19H24N4O3S2. The van der Waals surface area contributed by atoms with E-state index in [2.05, 4.69) is 20.2 Å². The lowest BCUT2D eigenvalue weighted by Gasteiger charge is -2.26. The number of benzene rings is 1. The van der Waals surface area contributed by atoms with Crippen molar-refractivity contribution in [2.75, 3.05) is 51.0 Å². The number of morpholine rings is 1. The van der Waals surface area contributed by atoms with Gasteiger partial charge in [0.2, 0.25) is 0 Å². The van der Waals surface area contributed by atoms with E-state index in [9.17, 15) is 9.90 Å². The number of carbonyl (C=O) groups is 1. The highest BCUT2D eigenvalue weighted by molar-refractivity contribution is 7.99. The summed E-state index contributed by atoms with van der Waals surface area (Å²) in [6.07, 6.45) is 1.89. The van der Waals surface area contributed by atoms with Crippen molar-refractivity contribution >= 4 is 35.3 Å². The summed E-state index contributed by atoms with van der Waals surface area (Å²) < 4.78 is 5.36. The molecule has 2 N–H and O–H groups in total. The lowest BCUT2D eigenvalue weighted by molar-refractivity contribution is 0.0398. The van der Waals surface area contributed by atoms with Crippen molar-refractivity contribution < 1.29 is 14.6 Å². The fourth-order valence-electron chi connectivity index (χ4n) is 2.82. The third kappa shape index (κ3) is 5.84. The normalized spacial score (nSPS) is 14.8. The first-order valence-electron chi connectivity index (χ1n) is 9.07. The van der Waals surface area contributed by atoms with E-state index in [0.717, 1.165) is 38.4 Å². The number of nitrogens with one attached hydrogen (secondary N) is 1. The van der Waals surface area contributed by atoms with Crippen molar-refractivity contribution in [3.05, 3.63) is 41.5 Å². The zero-order chi connectivity index (χ0) is 19.8. The molecule has 1 aliphatic heterocycles. The van der Waals surface area contributed by atoms with Crippen molar-refractivity contribution in [3.63, 3.8) is 0 Å². The molecule has 2 heterocycles. The predicted molar refractivity (Wildman–Crippen MR) is 113 cm³/mol. The fraction of sp³-hybridized carbons (Fsp3) is 0.421. The molecule has 0 spiro atoms. The average Bonchev–Trinajstić information content (AvgIpc) is 2.73. The minimum atomic E-state index is -1.02. The van der Waals surface area contributed by atoms with Crippen molar-refractivity contribution in [2.45, 2.75) is 15.9 Å². The maximum Gasteiger partial charge on any atom is 0.342 e. The van der Waals surface area contributed by atoms with E-state index >= 15 is 0 Å². The van der Waals surface area contributed by atoms with Crippen molar-refractivity contribution in [2.24, 2.45) is 0 Å². The van der Waals surface area contributed by atoms with Crippen molar-refractivity contribution in [1.29, 1.82) is 0 Å². The van der Waals surface area contributed by atoms with Gasteiger partial charge >= 0.3 is 5.97 Å². The van der Waals surface area contributed by atoms with Crippen molar-refractivity contribution in [3.8, 4) is 0 Å². The van der Waals surface area contributed by atoms with E-state index in [1.54, 1.807) is 0 Å². The fourth-order valence-corrected chi connectivity index (χ4v) is 4.22. The maximum atomic E-state index is 12.0. The van der Waals surface area contributed by atoms with Crippen LogP contribution in [0.5, 0.6) is 0 Å². The molecule has 1 saturated heterocycles. The van der Waals surface area contributed by atoms with Crippen LogP contribution in [0.1, 0.15) is 15.9 Å². The molecule has 1 aromatic heterocycles. The van der Waals surface area contributed by atoms with Gasteiger partial charge in [0.05, 0.1) is 13.2 Å². The highest BCUT2D eigenvalue weighted by Crippen LogP contribution is 2.30. The Morgan fingerprint density at radius 2 is 2.00 bits per heavy atom. The number of aromatic nitrogens is 2. The Morgan fingerprint density at radius 1 is 1.25 bits per heavy atom. The van der Waals surface area contributed by atoms with E-state index in [1.807, 2.05) is 36.6 Å². The lowest BCUT2D eigenvalue weighted by Crippen LogP contribution is -2.39. The van der Waals surface area contributed by atoms with Crippen molar-refractivity contribution in [1.82, 2.24) is 14.9 Å². The zero-order valence-corrected chi connectivity index (χ0v) is 17.4. The molecule has 1 fully saturated rings. The monoisotopic (exact) mass is 420 g/mol. The molecule has 0 unspecified atom stereocenters. The SMILES string of the molecule is CSc1nc(NCCN2CCOCC2)c(C(=O)O)c(SCc2ccccc2)n1. The minimum Gasteiger partial charge on any atom is -0.477 e. The van der Waals surface area contributed by atoms with Crippen LogP contribution in [0.2, 0.25) is 0 Å². The molecule has 0 saturated carbocycles. The van der Waals surface area contributed by atoms with E-state index in [4.69, 9.17) is 4.74 Å². The highest BCUT2D eigenvalue weighted by atomic mass is 32.2. The predicted octanol–water partition coefficient (Wildman–Crippen LogP) is 2.93. The zero-order valence-electron chi connectivity index (χ0n) is 15.8. The molecule has 0 amide bonds. The van der Waals surface area contributed by atoms with Gasteiger partial charge < -0.3 is 15.2 Å². The first-order chi connectivity index (χ1) is 13.7. The van der Waals surface area contributed by atoms with Gasteiger partial charge in [-0.2, -0.15) is 0 Å².